The average Bonchev–Trinajstić information content (AvgIpc) is 2.64. The summed E-state index contributed by atoms with van der Waals surface area (Å²) in [6, 6.07) is 10.7. The molecule has 1 atom stereocenters. The molecule has 26 heavy (non-hydrogen) atoms. The quantitative estimate of drug-likeness (QED) is 0.804. The molecule has 0 spiro atoms. The third-order valence-corrected chi connectivity index (χ3v) is 3.74. The minimum Gasteiger partial charge on any atom is -0.467 e. The summed E-state index contributed by atoms with van der Waals surface area (Å²) in [6.45, 7) is 0. The third kappa shape index (κ3) is 4.86. The van der Waals surface area contributed by atoms with Crippen molar-refractivity contribution in [3.8, 4) is 6.07 Å². The minimum absolute atomic E-state index is 0.115. The first-order valence-electron chi connectivity index (χ1n) is 7.73. The van der Waals surface area contributed by atoms with E-state index in [9.17, 15) is 18.4 Å². The lowest BCUT2D eigenvalue weighted by Gasteiger charge is -2.17. The van der Waals surface area contributed by atoms with Crippen molar-refractivity contribution in [3.05, 3.63) is 70.8 Å². The number of ether oxygens (including phenoxy) is 1. The van der Waals surface area contributed by atoms with E-state index in [1.54, 1.807) is 24.3 Å². The highest BCUT2D eigenvalue weighted by atomic mass is 19.1. The molecule has 0 fully saturated rings. The Labute approximate surface area is 149 Å². The van der Waals surface area contributed by atoms with Gasteiger partial charge < -0.3 is 10.1 Å². The summed E-state index contributed by atoms with van der Waals surface area (Å²) < 4.78 is 32.0. The Morgan fingerprint density at radius 1 is 1.15 bits per heavy atom. The van der Waals surface area contributed by atoms with Crippen molar-refractivity contribution in [3.63, 3.8) is 0 Å². The number of halogens is 2. The first-order valence-corrected chi connectivity index (χ1v) is 7.73. The maximum Gasteiger partial charge on any atom is 0.328 e. The number of esters is 1. The molecule has 7 heteroatoms. The largest absolute Gasteiger partial charge is 0.467 e. The molecule has 0 aliphatic heterocycles. The van der Waals surface area contributed by atoms with Crippen molar-refractivity contribution < 1.29 is 23.1 Å². The lowest BCUT2D eigenvalue weighted by molar-refractivity contribution is -0.145. The maximum absolute atomic E-state index is 13.7. The van der Waals surface area contributed by atoms with Crippen LogP contribution in [-0.4, -0.2) is 25.0 Å². The molecule has 2 aromatic rings. The van der Waals surface area contributed by atoms with Crippen LogP contribution in [0.3, 0.4) is 0 Å². The normalized spacial score (nSPS) is 11.3. The summed E-state index contributed by atoms with van der Waals surface area (Å²) in [5.41, 5.74) is 0.784. The van der Waals surface area contributed by atoms with Crippen molar-refractivity contribution in [1.29, 1.82) is 5.26 Å². The van der Waals surface area contributed by atoms with Gasteiger partial charge in [-0.15, -0.1) is 0 Å². The Balaban J connectivity index is 2.10. The van der Waals surface area contributed by atoms with Gasteiger partial charge in [-0.2, -0.15) is 5.26 Å². The smallest absolute Gasteiger partial charge is 0.328 e. The Hall–Kier alpha value is -3.27. The van der Waals surface area contributed by atoms with Crippen LogP contribution in [0.5, 0.6) is 0 Å². The van der Waals surface area contributed by atoms with E-state index in [2.05, 4.69) is 10.1 Å². The van der Waals surface area contributed by atoms with Crippen LogP contribution >= 0.6 is 0 Å². The van der Waals surface area contributed by atoms with E-state index in [1.807, 2.05) is 6.07 Å². The van der Waals surface area contributed by atoms with Crippen LogP contribution in [0.4, 0.5) is 8.78 Å². The molecule has 0 bridgehead atoms. The van der Waals surface area contributed by atoms with Gasteiger partial charge in [0.15, 0.2) is 0 Å². The number of methoxy groups -OCH3 is 1. The molecule has 134 valence electrons. The zero-order chi connectivity index (χ0) is 19.1. The van der Waals surface area contributed by atoms with Crippen LogP contribution < -0.4 is 5.32 Å². The van der Waals surface area contributed by atoms with Crippen LogP contribution in [0.2, 0.25) is 0 Å². The zero-order valence-corrected chi connectivity index (χ0v) is 14.0. The summed E-state index contributed by atoms with van der Waals surface area (Å²) in [5, 5.41) is 11.2. The monoisotopic (exact) mass is 358 g/mol. The molecule has 0 heterocycles. The van der Waals surface area contributed by atoms with Crippen molar-refractivity contribution in [2.75, 3.05) is 7.11 Å². The predicted octanol–water partition coefficient (Wildman–Crippen LogP) is 2.28. The van der Waals surface area contributed by atoms with Crippen molar-refractivity contribution in [2.24, 2.45) is 0 Å². The molecule has 2 rings (SSSR count). The van der Waals surface area contributed by atoms with E-state index >= 15 is 0 Å². The number of amides is 1. The van der Waals surface area contributed by atoms with Crippen LogP contribution in [0, 0.1) is 23.0 Å². The molecule has 0 aliphatic carbocycles. The number of benzene rings is 2. The number of nitriles is 1. The number of rotatable bonds is 6. The van der Waals surface area contributed by atoms with E-state index in [1.165, 1.54) is 13.2 Å². The van der Waals surface area contributed by atoms with E-state index in [-0.39, 0.29) is 12.0 Å². The van der Waals surface area contributed by atoms with Gasteiger partial charge in [-0.05, 0) is 29.8 Å². The number of carbonyl (C=O) groups excluding carboxylic acids is 2. The molecule has 1 amide bonds. The predicted molar refractivity (Wildman–Crippen MR) is 88.9 cm³/mol. The summed E-state index contributed by atoms with van der Waals surface area (Å²) >= 11 is 0. The summed E-state index contributed by atoms with van der Waals surface area (Å²) in [6.07, 6.45) is -0.427. The second kappa shape index (κ2) is 8.72. The Bertz CT molecular complexity index is 825. The fourth-order valence-corrected chi connectivity index (χ4v) is 2.39. The van der Waals surface area contributed by atoms with Gasteiger partial charge in [0.05, 0.1) is 25.2 Å². The number of nitrogens with zero attached hydrogens (tertiary/aromatic N) is 1. The van der Waals surface area contributed by atoms with Gasteiger partial charge in [0.1, 0.15) is 17.7 Å². The minimum atomic E-state index is -1.02. The lowest BCUT2D eigenvalue weighted by Crippen LogP contribution is -2.43. The molecule has 0 radical (unpaired) electrons. The third-order valence-electron chi connectivity index (χ3n) is 3.74. The van der Waals surface area contributed by atoms with Gasteiger partial charge in [0.2, 0.25) is 5.91 Å². The molecule has 0 aromatic heterocycles. The van der Waals surface area contributed by atoms with Crippen LogP contribution in [0.15, 0.2) is 42.5 Å². The highest BCUT2D eigenvalue weighted by Crippen LogP contribution is 2.13. The molecular formula is C19H16F2N2O3. The molecule has 0 unspecified atom stereocenters. The van der Waals surface area contributed by atoms with Gasteiger partial charge in [-0.1, -0.05) is 18.2 Å². The molecule has 5 nitrogen and oxygen atoms in total. The first kappa shape index (κ1) is 19.1. The van der Waals surface area contributed by atoms with Gasteiger partial charge in [0, 0.05) is 12.0 Å². The first-order chi connectivity index (χ1) is 12.4. The van der Waals surface area contributed by atoms with Gasteiger partial charge in [-0.3, -0.25) is 4.79 Å². The molecular weight excluding hydrogens is 342 g/mol. The van der Waals surface area contributed by atoms with E-state index in [0.29, 0.717) is 11.1 Å². The van der Waals surface area contributed by atoms with E-state index in [0.717, 1.165) is 12.1 Å². The Kier molecular flexibility index (Phi) is 6.39. The highest BCUT2D eigenvalue weighted by Gasteiger charge is 2.23. The Morgan fingerprint density at radius 2 is 1.77 bits per heavy atom. The fourth-order valence-electron chi connectivity index (χ4n) is 2.39. The second-order valence-electron chi connectivity index (χ2n) is 5.53. The molecule has 0 aliphatic rings. The summed E-state index contributed by atoms with van der Waals surface area (Å²) in [5.74, 6) is -3.06. The maximum atomic E-state index is 13.7. The summed E-state index contributed by atoms with van der Waals surface area (Å²) in [4.78, 5) is 24.1. The highest BCUT2D eigenvalue weighted by molar-refractivity contribution is 5.85. The number of nitrogens with one attached hydrogen (secondary N) is 1. The van der Waals surface area contributed by atoms with Gasteiger partial charge in [-0.25, -0.2) is 13.6 Å². The van der Waals surface area contributed by atoms with Crippen molar-refractivity contribution in [2.45, 2.75) is 18.9 Å². The topological polar surface area (TPSA) is 79.2 Å². The number of hydrogen-bond acceptors (Lipinski definition) is 4. The van der Waals surface area contributed by atoms with Crippen LogP contribution in [0.25, 0.3) is 0 Å². The summed E-state index contributed by atoms with van der Waals surface area (Å²) in [7, 11) is 1.18. The molecule has 0 saturated heterocycles. The van der Waals surface area contributed by atoms with Crippen molar-refractivity contribution in [1.82, 2.24) is 5.32 Å². The Morgan fingerprint density at radius 3 is 2.31 bits per heavy atom. The van der Waals surface area contributed by atoms with Gasteiger partial charge >= 0.3 is 5.97 Å². The van der Waals surface area contributed by atoms with Crippen LogP contribution in [-0.2, 0) is 27.2 Å². The van der Waals surface area contributed by atoms with E-state index < -0.39 is 36.0 Å². The van der Waals surface area contributed by atoms with Crippen molar-refractivity contribution >= 4 is 11.9 Å². The standard InChI is InChI=1S/C19H16F2N2O3/c1-26-19(25)17(9-12-5-7-13(11-22)8-6-12)23-18(24)10-14-15(20)3-2-4-16(14)21/h2-8,17H,9-10H2,1H3,(H,23,24)/t17-/m1/s1. The molecule has 1 N–H and O–H groups in total. The fraction of sp³-hybridized carbons (Fsp3) is 0.211. The lowest BCUT2D eigenvalue weighted by atomic mass is 10.0. The van der Waals surface area contributed by atoms with Gasteiger partial charge in [0.25, 0.3) is 0 Å². The average molecular weight is 358 g/mol. The number of carbonyl (C=O) groups is 2. The molecule has 0 saturated carbocycles. The van der Waals surface area contributed by atoms with E-state index in [4.69, 9.17) is 5.26 Å². The number of hydrogen-bond donors (Lipinski definition) is 1. The molecule has 2 aromatic carbocycles. The van der Waals surface area contributed by atoms with Crippen LogP contribution in [0.1, 0.15) is 16.7 Å². The zero-order valence-electron chi connectivity index (χ0n) is 14.0. The SMILES string of the molecule is COC(=O)[C@@H](Cc1ccc(C#N)cc1)NC(=O)Cc1c(F)cccc1F. The second-order valence-corrected chi connectivity index (χ2v) is 5.53.